The van der Waals surface area contributed by atoms with Crippen molar-refractivity contribution in [3.63, 3.8) is 0 Å². The fraction of sp³-hybridized carbons (Fsp3) is 0. The number of rotatable bonds is 5. The SMILES string of the molecule is N#Cc1ccccc1Oc1ccc(NC2=C(c3ccccc3)C(=O)NC2=O)cn1. The van der Waals surface area contributed by atoms with E-state index in [-0.39, 0.29) is 11.3 Å². The Hall–Kier alpha value is -4.44. The number of ether oxygens (including phenoxy) is 1. The van der Waals surface area contributed by atoms with E-state index >= 15 is 0 Å². The molecule has 1 aromatic heterocycles. The average molecular weight is 382 g/mol. The van der Waals surface area contributed by atoms with Crippen molar-refractivity contribution in [2.75, 3.05) is 5.32 Å². The number of anilines is 1. The molecule has 2 amide bonds. The summed E-state index contributed by atoms with van der Waals surface area (Å²) in [6.45, 7) is 0. The highest BCUT2D eigenvalue weighted by molar-refractivity contribution is 6.36. The zero-order valence-corrected chi connectivity index (χ0v) is 15.0. The van der Waals surface area contributed by atoms with Crippen LogP contribution in [0.25, 0.3) is 5.57 Å². The molecule has 140 valence electrons. The van der Waals surface area contributed by atoms with Crippen molar-refractivity contribution < 1.29 is 14.3 Å². The standard InChI is InChI=1S/C22H14N4O3/c23-12-15-8-4-5-9-17(15)29-18-11-10-16(13-24-18)25-20-19(21(27)26-22(20)28)14-6-2-1-3-7-14/h1-11,13H,(H2,25,26,27,28). The summed E-state index contributed by atoms with van der Waals surface area (Å²) < 4.78 is 5.65. The number of para-hydroxylation sites is 1. The molecule has 2 N–H and O–H groups in total. The zero-order chi connectivity index (χ0) is 20.2. The highest BCUT2D eigenvalue weighted by Gasteiger charge is 2.31. The van der Waals surface area contributed by atoms with Gasteiger partial charge in [-0.3, -0.25) is 14.9 Å². The van der Waals surface area contributed by atoms with E-state index in [4.69, 9.17) is 10.00 Å². The number of carbonyl (C=O) groups excluding carboxylic acids is 2. The van der Waals surface area contributed by atoms with E-state index < -0.39 is 11.8 Å². The number of amides is 2. The van der Waals surface area contributed by atoms with Crippen LogP contribution in [0.1, 0.15) is 11.1 Å². The van der Waals surface area contributed by atoms with Crippen molar-refractivity contribution in [1.82, 2.24) is 10.3 Å². The van der Waals surface area contributed by atoms with Crippen LogP contribution in [-0.4, -0.2) is 16.8 Å². The minimum absolute atomic E-state index is 0.159. The third kappa shape index (κ3) is 3.68. The molecule has 1 aliphatic rings. The smallest absolute Gasteiger partial charge is 0.275 e. The molecule has 4 rings (SSSR count). The Morgan fingerprint density at radius 3 is 2.41 bits per heavy atom. The molecule has 2 heterocycles. The lowest BCUT2D eigenvalue weighted by Crippen LogP contribution is -2.24. The first-order valence-electron chi connectivity index (χ1n) is 8.71. The molecule has 0 spiro atoms. The topological polar surface area (TPSA) is 104 Å². The maximum atomic E-state index is 12.2. The third-order valence-electron chi connectivity index (χ3n) is 4.22. The molecule has 0 unspecified atom stereocenters. The van der Waals surface area contributed by atoms with E-state index in [1.54, 1.807) is 60.7 Å². The molecular formula is C22H14N4O3. The summed E-state index contributed by atoms with van der Waals surface area (Å²) in [7, 11) is 0. The number of imide groups is 1. The number of aromatic nitrogens is 1. The van der Waals surface area contributed by atoms with Crippen molar-refractivity contribution in [2.24, 2.45) is 0 Å². The highest BCUT2D eigenvalue weighted by atomic mass is 16.5. The van der Waals surface area contributed by atoms with Gasteiger partial charge in [-0.15, -0.1) is 0 Å². The van der Waals surface area contributed by atoms with Crippen LogP contribution >= 0.6 is 0 Å². The summed E-state index contributed by atoms with van der Waals surface area (Å²) in [5.74, 6) is -0.262. The Balaban J connectivity index is 1.58. The zero-order valence-electron chi connectivity index (χ0n) is 15.0. The molecule has 7 nitrogen and oxygen atoms in total. The lowest BCUT2D eigenvalue weighted by atomic mass is 10.0. The molecule has 7 heteroatoms. The van der Waals surface area contributed by atoms with E-state index in [0.717, 1.165) is 0 Å². The molecule has 29 heavy (non-hydrogen) atoms. The van der Waals surface area contributed by atoms with Gasteiger partial charge in [-0.05, 0) is 23.8 Å². The Morgan fingerprint density at radius 1 is 0.931 bits per heavy atom. The van der Waals surface area contributed by atoms with Gasteiger partial charge in [-0.25, -0.2) is 4.98 Å². The number of nitrogens with zero attached hydrogens (tertiary/aromatic N) is 2. The van der Waals surface area contributed by atoms with Gasteiger partial charge in [0, 0.05) is 6.07 Å². The van der Waals surface area contributed by atoms with Crippen molar-refractivity contribution in [3.8, 4) is 17.7 Å². The van der Waals surface area contributed by atoms with Gasteiger partial charge < -0.3 is 10.1 Å². The van der Waals surface area contributed by atoms with Crippen LogP contribution in [0.3, 0.4) is 0 Å². The van der Waals surface area contributed by atoms with Crippen LogP contribution < -0.4 is 15.4 Å². The second-order valence-corrected chi connectivity index (χ2v) is 6.12. The van der Waals surface area contributed by atoms with Crippen LogP contribution in [0.4, 0.5) is 5.69 Å². The van der Waals surface area contributed by atoms with Gasteiger partial charge in [0.15, 0.2) is 0 Å². The predicted molar refractivity (Wildman–Crippen MR) is 106 cm³/mol. The highest BCUT2D eigenvalue weighted by Crippen LogP contribution is 2.27. The number of nitriles is 1. The predicted octanol–water partition coefficient (Wildman–Crippen LogP) is 3.23. The molecule has 2 aromatic carbocycles. The van der Waals surface area contributed by atoms with Crippen LogP contribution in [0, 0.1) is 11.3 Å². The third-order valence-corrected chi connectivity index (χ3v) is 4.22. The summed E-state index contributed by atoms with van der Waals surface area (Å²) in [5.41, 5.74) is 1.99. The van der Waals surface area contributed by atoms with E-state index in [1.807, 2.05) is 6.07 Å². The fourth-order valence-electron chi connectivity index (χ4n) is 2.87. The number of hydrogen-bond donors (Lipinski definition) is 2. The molecule has 0 saturated carbocycles. The second-order valence-electron chi connectivity index (χ2n) is 6.12. The van der Waals surface area contributed by atoms with Gasteiger partial charge in [0.1, 0.15) is 17.5 Å². The van der Waals surface area contributed by atoms with E-state index in [2.05, 4.69) is 21.7 Å². The molecule has 3 aromatic rings. The molecular weight excluding hydrogens is 368 g/mol. The van der Waals surface area contributed by atoms with Crippen LogP contribution in [0.15, 0.2) is 78.6 Å². The van der Waals surface area contributed by atoms with Crippen LogP contribution in [0.5, 0.6) is 11.6 Å². The lowest BCUT2D eigenvalue weighted by Gasteiger charge is -2.09. The summed E-state index contributed by atoms with van der Waals surface area (Å²) in [6, 6.07) is 21.1. The molecule has 0 saturated heterocycles. The number of benzene rings is 2. The number of carbonyl (C=O) groups is 2. The van der Waals surface area contributed by atoms with E-state index in [1.165, 1.54) is 6.20 Å². The number of hydrogen-bond acceptors (Lipinski definition) is 6. The van der Waals surface area contributed by atoms with Crippen molar-refractivity contribution >= 4 is 23.1 Å². The molecule has 1 aliphatic heterocycles. The normalized spacial score (nSPS) is 13.1. The minimum Gasteiger partial charge on any atom is -0.438 e. The summed E-state index contributed by atoms with van der Waals surface area (Å²) >= 11 is 0. The number of pyridine rings is 1. The lowest BCUT2D eigenvalue weighted by molar-refractivity contribution is -0.123. The van der Waals surface area contributed by atoms with Crippen molar-refractivity contribution in [3.05, 3.63) is 89.8 Å². The van der Waals surface area contributed by atoms with Gasteiger partial charge in [0.25, 0.3) is 11.8 Å². The fourth-order valence-corrected chi connectivity index (χ4v) is 2.87. The first-order valence-corrected chi connectivity index (χ1v) is 8.71. The Bertz CT molecular complexity index is 1160. The van der Waals surface area contributed by atoms with Gasteiger partial charge in [-0.1, -0.05) is 42.5 Å². The number of nitrogens with one attached hydrogen (secondary N) is 2. The van der Waals surface area contributed by atoms with Crippen molar-refractivity contribution in [2.45, 2.75) is 0 Å². The van der Waals surface area contributed by atoms with Gasteiger partial charge in [0.2, 0.25) is 5.88 Å². The monoisotopic (exact) mass is 382 g/mol. The van der Waals surface area contributed by atoms with Crippen LogP contribution in [-0.2, 0) is 9.59 Å². The van der Waals surface area contributed by atoms with Gasteiger partial charge in [0.05, 0.1) is 23.0 Å². The Labute approximate surface area is 166 Å². The molecule has 0 aliphatic carbocycles. The maximum absolute atomic E-state index is 12.2. The molecule has 0 bridgehead atoms. The quantitative estimate of drug-likeness (QED) is 0.657. The second kappa shape index (κ2) is 7.66. The molecule has 0 atom stereocenters. The van der Waals surface area contributed by atoms with E-state index in [0.29, 0.717) is 28.4 Å². The average Bonchev–Trinajstić information content (AvgIpc) is 3.03. The van der Waals surface area contributed by atoms with E-state index in [9.17, 15) is 9.59 Å². The Kier molecular flexibility index (Phi) is 4.74. The first kappa shape index (κ1) is 17.9. The summed E-state index contributed by atoms with van der Waals surface area (Å²) in [6.07, 6.45) is 1.48. The van der Waals surface area contributed by atoms with Crippen LogP contribution in [0.2, 0.25) is 0 Å². The summed E-state index contributed by atoms with van der Waals surface area (Å²) in [4.78, 5) is 28.6. The van der Waals surface area contributed by atoms with Gasteiger partial charge in [-0.2, -0.15) is 5.26 Å². The largest absolute Gasteiger partial charge is 0.438 e. The van der Waals surface area contributed by atoms with Gasteiger partial charge >= 0.3 is 0 Å². The van der Waals surface area contributed by atoms with Crippen molar-refractivity contribution in [1.29, 1.82) is 5.26 Å². The minimum atomic E-state index is -0.503. The molecule has 0 radical (unpaired) electrons. The molecule has 0 fully saturated rings. The maximum Gasteiger partial charge on any atom is 0.275 e. The Morgan fingerprint density at radius 2 is 1.69 bits per heavy atom. The first-order chi connectivity index (χ1) is 14.2. The summed E-state index contributed by atoms with van der Waals surface area (Å²) in [5, 5.41) is 14.4.